The normalized spacial score (nSPS) is 11.4. The van der Waals surface area contributed by atoms with Crippen LogP contribution in [-0.4, -0.2) is 32.5 Å². The van der Waals surface area contributed by atoms with Crippen molar-refractivity contribution in [3.05, 3.63) is 65.4 Å². The Labute approximate surface area is 175 Å². The van der Waals surface area contributed by atoms with Crippen molar-refractivity contribution in [2.45, 2.75) is 20.3 Å². The Balaban J connectivity index is 1.62. The van der Waals surface area contributed by atoms with Crippen LogP contribution in [0.3, 0.4) is 0 Å². The number of ketones is 1. The van der Waals surface area contributed by atoms with Crippen LogP contribution in [0, 0.1) is 0 Å². The summed E-state index contributed by atoms with van der Waals surface area (Å²) in [6, 6.07) is 13.0. The lowest BCUT2D eigenvalue weighted by molar-refractivity contribution is -0.116. The van der Waals surface area contributed by atoms with Gasteiger partial charge in [0.05, 0.1) is 14.2 Å². The quantitative estimate of drug-likeness (QED) is 0.442. The minimum atomic E-state index is -0.162. The van der Waals surface area contributed by atoms with Gasteiger partial charge < -0.3 is 19.2 Å². The molecule has 1 heterocycles. The summed E-state index contributed by atoms with van der Waals surface area (Å²) < 4.78 is 16.0. The molecule has 156 valence electrons. The number of hydrogen-bond acceptors (Lipinski definition) is 5. The number of rotatable bonds is 8. The van der Waals surface area contributed by atoms with Gasteiger partial charge in [-0.25, -0.2) is 0 Å². The van der Waals surface area contributed by atoms with Crippen LogP contribution in [0.4, 0.5) is 0 Å². The monoisotopic (exact) mass is 407 g/mol. The first-order valence-corrected chi connectivity index (χ1v) is 9.63. The van der Waals surface area contributed by atoms with Crippen LogP contribution in [0.1, 0.15) is 35.5 Å². The fourth-order valence-corrected chi connectivity index (χ4v) is 3.16. The number of methoxy groups -OCH3 is 2. The van der Waals surface area contributed by atoms with Crippen molar-refractivity contribution >= 4 is 28.2 Å². The Hall–Kier alpha value is -3.54. The number of carbonyl (C=O) groups is 2. The molecular formula is C24H25NO5. The minimum Gasteiger partial charge on any atom is -0.493 e. The molecule has 0 spiro atoms. The molecule has 6 nitrogen and oxygen atoms in total. The first-order valence-electron chi connectivity index (χ1n) is 9.63. The van der Waals surface area contributed by atoms with Gasteiger partial charge >= 0.3 is 0 Å². The average Bonchev–Trinajstić information content (AvgIpc) is 3.17. The number of carbonyl (C=O) groups excluding carboxylic acids is 2. The van der Waals surface area contributed by atoms with E-state index in [0.717, 1.165) is 22.1 Å². The number of ether oxygens (including phenoxy) is 2. The van der Waals surface area contributed by atoms with Crippen LogP contribution in [-0.2, 0) is 11.2 Å². The van der Waals surface area contributed by atoms with Crippen LogP contribution in [0.2, 0.25) is 0 Å². The molecule has 30 heavy (non-hydrogen) atoms. The predicted octanol–water partition coefficient (Wildman–Crippen LogP) is 4.41. The molecule has 0 saturated carbocycles. The standard InChI is InChI=1S/C24H25NO5/c1-15(18-6-8-20-19(13-18)14-22(30-20)16(2)26)11-24(27)25-10-9-17-5-7-21(28-3)23(12-17)29-4/h5-8,11-14H,9-10H2,1-4H3,(H,25,27)/b15-11+. The summed E-state index contributed by atoms with van der Waals surface area (Å²) in [6.45, 7) is 3.85. The number of allylic oxidation sites excluding steroid dienone is 1. The summed E-state index contributed by atoms with van der Waals surface area (Å²) in [5.41, 5.74) is 3.41. The van der Waals surface area contributed by atoms with Gasteiger partial charge in [0, 0.05) is 24.9 Å². The highest BCUT2D eigenvalue weighted by Crippen LogP contribution is 2.27. The molecule has 0 aliphatic carbocycles. The number of Topliss-reactive ketones (excluding diaryl/α,β-unsaturated/α-hetero) is 1. The topological polar surface area (TPSA) is 77.8 Å². The number of fused-ring (bicyclic) bond motifs is 1. The summed E-state index contributed by atoms with van der Waals surface area (Å²) in [4.78, 5) is 23.8. The lowest BCUT2D eigenvalue weighted by Gasteiger charge is -2.10. The zero-order chi connectivity index (χ0) is 21.7. The van der Waals surface area contributed by atoms with Gasteiger partial charge in [0.15, 0.2) is 23.0 Å². The Morgan fingerprint density at radius 3 is 2.47 bits per heavy atom. The third kappa shape index (κ3) is 4.89. The van der Waals surface area contributed by atoms with Crippen molar-refractivity contribution in [2.24, 2.45) is 0 Å². The highest BCUT2D eigenvalue weighted by atomic mass is 16.5. The van der Waals surface area contributed by atoms with Gasteiger partial charge in [0.1, 0.15) is 5.58 Å². The van der Waals surface area contributed by atoms with Gasteiger partial charge in [-0.05, 0) is 60.4 Å². The third-order valence-electron chi connectivity index (χ3n) is 4.83. The highest BCUT2D eigenvalue weighted by molar-refractivity contribution is 5.98. The number of nitrogens with one attached hydrogen (secondary N) is 1. The van der Waals surface area contributed by atoms with Crippen LogP contribution in [0.15, 0.2) is 53.0 Å². The van der Waals surface area contributed by atoms with Crippen molar-refractivity contribution in [2.75, 3.05) is 20.8 Å². The van der Waals surface area contributed by atoms with Crippen LogP contribution in [0.25, 0.3) is 16.5 Å². The number of hydrogen-bond donors (Lipinski definition) is 1. The van der Waals surface area contributed by atoms with Gasteiger partial charge in [-0.1, -0.05) is 12.1 Å². The van der Waals surface area contributed by atoms with E-state index in [4.69, 9.17) is 13.9 Å². The smallest absolute Gasteiger partial charge is 0.244 e. The molecule has 0 aliphatic heterocycles. The van der Waals surface area contributed by atoms with E-state index in [1.807, 2.05) is 43.3 Å². The van der Waals surface area contributed by atoms with Crippen molar-refractivity contribution in [3.8, 4) is 11.5 Å². The lowest BCUT2D eigenvalue weighted by atomic mass is 10.0. The fourth-order valence-electron chi connectivity index (χ4n) is 3.16. The van der Waals surface area contributed by atoms with Gasteiger partial charge in [0.25, 0.3) is 0 Å². The van der Waals surface area contributed by atoms with Gasteiger partial charge in [0.2, 0.25) is 5.91 Å². The van der Waals surface area contributed by atoms with E-state index in [0.29, 0.717) is 35.8 Å². The van der Waals surface area contributed by atoms with Crippen molar-refractivity contribution in [1.82, 2.24) is 5.32 Å². The second-order valence-corrected chi connectivity index (χ2v) is 6.98. The Kier molecular flexibility index (Phi) is 6.57. The van der Waals surface area contributed by atoms with Gasteiger partial charge in [-0.2, -0.15) is 0 Å². The average molecular weight is 407 g/mol. The van der Waals surface area contributed by atoms with E-state index in [1.54, 1.807) is 26.4 Å². The fraction of sp³-hybridized carbons (Fsp3) is 0.250. The molecule has 1 N–H and O–H groups in total. The molecule has 1 amide bonds. The first-order chi connectivity index (χ1) is 14.4. The largest absolute Gasteiger partial charge is 0.493 e. The highest BCUT2D eigenvalue weighted by Gasteiger charge is 2.09. The Bertz CT molecular complexity index is 1110. The number of amides is 1. The molecule has 6 heteroatoms. The van der Waals surface area contributed by atoms with Crippen molar-refractivity contribution in [3.63, 3.8) is 0 Å². The van der Waals surface area contributed by atoms with E-state index >= 15 is 0 Å². The summed E-state index contributed by atoms with van der Waals surface area (Å²) in [6.07, 6.45) is 2.25. The third-order valence-corrected chi connectivity index (χ3v) is 4.83. The van der Waals surface area contributed by atoms with Crippen LogP contribution in [0.5, 0.6) is 11.5 Å². The molecule has 3 aromatic rings. The molecule has 0 atom stereocenters. The second-order valence-electron chi connectivity index (χ2n) is 6.98. The molecule has 0 saturated heterocycles. The number of furan rings is 1. The summed E-state index contributed by atoms with van der Waals surface area (Å²) in [5, 5.41) is 3.74. The first kappa shape index (κ1) is 21.2. The van der Waals surface area contributed by atoms with E-state index in [1.165, 1.54) is 6.92 Å². The Morgan fingerprint density at radius 2 is 1.77 bits per heavy atom. The zero-order valence-electron chi connectivity index (χ0n) is 17.6. The Morgan fingerprint density at radius 1 is 1.00 bits per heavy atom. The van der Waals surface area contributed by atoms with Gasteiger partial charge in [-0.3, -0.25) is 9.59 Å². The van der Waals surface area contributed by atoms with Crippen molar-refractivity contribution in [1.29, 1.82) is 0 Å². The van der Waals surface area contributed by atoms with Crippen LogP contribution < -0.4 is 14.8 Å². The SMILES string of the molecule is COc1ccc(CCNC(=O)/C=C(\C)c2ccc3oc(C(C)=O)cc3c2)cc1OC. The molecule has 2 aromatic carbocycles. The van der Waals surface area contributed by atoms with Crippen LogP contribution >= 0.6 is 0 Å². The molecular weight excluding hydrogens is 382 g/mol. The van der Waals surface area contributed by atoms with E-state index in [9.17, 15) is 9.59 Å². The second kappa shape index (κ2) is 9.31. The lowest BCUT2D eigenvalue weighted by Crippen LogP contribution is -2.23. The molecule has 0 unspecified atom stereocenters. The van der Waals surface area contributed by atoms with E-state index < -0.39 is 0 Å². The maximum absolute atomic E-state index is 12.3. The van der Waals surface area contributed by atoms with E-state index in [2.05, 4.69) is 5.32 Å². The maximum atomic E-state index is 12.3. The molecule has 0 radical (unpaired) electrons. The maximum Gasteiger partial charge on any atom is 0.244 e. The summed E-state index contributed by atoms with van der Waals surface area (Å²) in [7, 11) is 3.19. The molecule has 3 rings (SSSR count). The van der Waals surface area contributed by atoms with Crippen molar-refractivity contribution < 1.29 is 23.5 Å². The number of benzene rings is 2. The molecule has 1 aromatic heterocycles. The predicted molar refractivity (Wildman–Crippen MR) is 116 cm³/mol. The zero-order valence-corrected chi connectivity index (χ0v) is 17.6. The minimum absolute atomic E-state index is 0.117. The summed E-state index contributed by atoms with van der Waals surface area (Å²) >= 11 is 0. The molecule has 0 bridgehead atoms. The van der Waals surface area contributed by atoms with E-state index in [-0.39, 0.29) is 11.7 Å². The molecule has 0 fully saturated rings. The van der Waals surface area contributed by atoms with Gasteiger partial charge in [-0.15, -0.1) is 0 Å². The molecule has 0 aliphatic rings. The summed E-state index contributed by atoms with van der Waals surface area (Å²) in [5.74, 6) is 1.39.